The van der Waals surface area contributed by atoms with Gasteiger partial charge >= 0.3 is 0 Å². The van der Waals surface area contributed by atoms with Crippen molar-refractivity contribution in [1.82, 2.24) is 4.90 Å². The Labute approximate surface area is 80.4 Å². The van der Waals surface area contributed by atoms with Crippen LogP contribution in [-0.4, -0.2) is 47.0 Å². The summed E-state index contributed by atoms with van der Waals surface area (Å²) in [6.07, 6.45) is 1.70. The van der Waals surface area contributed by atoms with Crippen molar-refractivity contribution >= 4 is 0 Å². The average molecular weight is 187 g/mol. The van der Waals surface area contributed by atoms with E-state index in [0.717, 1.165) is 32.5 Å². The van der Waals surface area contributed by atoms with Crippen LogP contribution in [0.1, 0.15) is 26.7 Å². The van der Waals surface area contributed by atoms with Crippen LogP contribution in [0.2, 0.25) is 0 Å². The van der Waals surface area contributed by atoms with E-state index >= 15 is 0 Å². The fourth-order valence-corrected chi connectivity index (χ4v) is 1.72. The molecule has 2 N–H and O–H groups in total. The lowest BCUT2D eigenvalue weighted by Crippen LogP contribution is -2.44. The first-order valence-electron chi connectivity index (χ1n) is 5.09. The van der Waals surface area contributed by atoms with Gasteiger partial charge in [-0.15, -0.1) is 0 Å². The van der Waals surface area contributed by atoms with Crippen molar-refractivity contribution in [2.45, 2.75) is 32.3 Å². The van der Waals surface area contributed by atoms with Gasteiger partial charge in [-0.1, -0.05) is 6.92 Å². The molecule has 78 valence electrons. The second-order valence-electron chi connectivity index (χ2n) is 4.59. The van der Waals surface area contributed by atoms with Gasteiger partial charge in [0.05, 0.1) is 5.60 Å². The first-order valence-corrected chi connectivity index (χ1v) is 5.09. The van der Waals surface area contributed by atoms with Gasteiger partial charge in [0.15, 0.2) is 0 Å². The highest BCUT2D eigenvalue weighted by Gasteiger charge is 2.27. The van der Waals surface area contributed by atoms with Crippen molar-refractivity contribution in [3.8, 4) is 0 Å². The zero-order chi connectivity index (χ0) is 9.90. The minimum atomic E-state index is -0.459. The van der Waals surface area contributed by atoms with Crippen LogP contribution in [0.5, 0.6) is 0 Å². The molecule has 3 nitrogen and oxygen atoms in total. The minimum absolute atomic E-state index is 0.257. The van der Waals surface area contributed by atoms with Crippen LogP contribution in [0.15, 0.2) is 0 Å². The summed E-state index contributed by atoms with van der Waals surface area (Å²) in [4.78, 5) is 2.32. The normalized spacial score (nSPS) is 25.8. The lowest BCUT2D eigenvalue weighted by molar-refractivity contribution is -0.00990. The van der Waals surface area contributed by atoms with Crippen LogP contribution < -0.4 is 0 Å². The van der Waals surface area contributed by atoms with E-state index in [0.29, 0.717) is 5.92 Å². The molecule has 0 amide bonds. The standard InChI is InChI=1S/C10H21NO2/c1-9(8-12)7-11-5-3-10(2,13)4-6-11/h9,12-13H,3-8H2,1-2H3. The molecule has 1 fully saturated rings. The monoisotopic (exact) mass is 187 g/mol. The zero-order valence-corrected chi connectivity index (χ0v) is 8.66. The zero-order valence-electron chi connectivity index (χ0n) is 8.66. The molecule has 0 spiro atoms. The maximum atomic E-state index is 9.71. The van der Waals surface area contributed by atoms with Crippen molar-refractivity contribution in [3.63, 3.8) is 0 Å². The fourth-order valence-electron chi connectivity index (χ4n) is 1.72. The van der Waals surface area contributed by atoms with E-state index in [1.807, 2.05) is 13.8 Å². The third kappa shape index (κ3) is 3.63. The predicted octanol–water partition coefficient (Wildman–Crippen LogP) is 0.462. The Kier molecular flexibility index (Phi) is 3.71. The summed E-state index contributed by atoms with van der Waals surface area (Å²) >= 11 is 0. The van der Waals surface area contributed by atoms with Crippen molar-refractivity contribution in [2.24, 2.45) is 5.92 Å². The number of aliphatic hydroxyl groups excluding tert-OH is 1. The van der Waals surface area contributed by atoms with Crippen molar-refractivity contribution in [3.05, 3.63) is 0 Å². The van der Waals surface area contributed by atoms with Gasteiger partial charge in [0.1, 0.15) is 0 Å². The van der Waals surface area contributed by atoms with Gasteiger partial charge in [-0.05, 0) is 25.7 Å². The summed E-state index contributed by atoms with van der Waals surface area (Å²) in [5.74, 6) is 0.350. The van der Waals surface area contributed by atoms with E-state index in [1.165, 1.54) is 0 Å². The number of hydrogen-bond acceptors (Lipinski definition) is 3. The highest BCUT2D eigenvalue weighted by Crippen LogP contribution is 2.21. The Morgan fingerprint density at radius 1 is 1.38 bits per heavy atom. The van der Waals surface area contributed by atoms with E-state index in [1.54, 1.807) is 0 Å². The van der Waals surface area contributed by atoms with Crippen LogP contribution in [-0.2, 0) is 0 Å². The van der Waals surface area contributed by atoms with Gasteiger partial charge in [-0.3, -0.25) is 0 Å². The second kappa shape index (κ2) is 4.40. The number of piperidine rings is 1. The Bertz CT molecular complexity index is 149. The summed E-state index contributed by atoms with van der Waals surface area (Å²) < 4.78 is 0. The summed E-state index contributed by atoms with van der Waals surface area (Å²) in [5.41, 5.74) is -0.459. The SMILES string of the molecule is CC(CO)CN1CCC(C)(O)CC1. The molecule has 1 rings (SSSR count). The number of rotatable bonds is 3. The van der Waals surface area contributed by atoms with Crippen molar-refractivity contribution in [1.29, 1.82) is 0 Å². The molecular formula is C10H21NO2. The summed E-state index contributed by atoms with van der Waals surface area (Å²) in [6, 6.07) is 0. The van der Waals surface area contributed by atoms with Crippen molar-refractivity contribution in [2.75, 3.05) is 26.2 Å². The maximum Gasteiger partial charge on any atom is 0.0644 e. The Morgan fingerprint density at radius 2 is 1.92 bits per heavy atom. The molecule has 3 heteroatoms. The molecule has 0 radical (unpaired) electrons. The molecule has 0 saturated carbocycles. The molecule has 1 saturated heterocycles. The summed E-state index contributed by atoms with van der Waals surface area (Å²) in [7, 11) is 0. The van der Waals surface area contributed by atoms with Gasteiger partial charge in [0.25, 0.3) is 0 Å². The van der Waals surface area contributed by atoms with Gasteiger partial charge in [-0.25, -0.2) is 0 Å². The minimum Gasteiger partial charge on any atom is -0.396 e. The maximum absolute atomic E-state index is 9.71. The Morgan fingerprint density at radius 3 is 2.38 bits per heavy atom. The highest BCUT2D eigenvalue weighted by atomic mass is 16.3. The third-order valence-corrected chi connectivity index (χ3v) is 2.81. The molecule has 0 aromatic carbocycles. The highest BCUT2D eigenvalue weighted by molar-refractivity contribution is 4.81. The lowest BCUT2D eigenvalue weighted by Gasteiger charge is -2.36. The lowest BCUT2D eigenvalue weighted by atomic mass is 9.93. The molecule has 1 aliphatic heterocycles. The van der Waals surface area contributed by atoms with Crippen molar-refractivity contribution < 1.29 is 10.2 Å². The first kappa shape index (κ1) is 11.0. The fraction of sp³-hybridized carbons (Fsp3) is 1.00. The van der Waals surface area contributed by atoms with E-state index in [9.17, 15) is 5.11 Å². The van der Waals surface area contributed by atoms with Crippen LogP contribution in [0.4, 0.5) is 0 Å². The van der Waals surface area contributed by atoms with Gasteiger partial charge in [0, 0.05) is 26.2 Å². The Balaban J connectivity index is 2.25. The van der Waals surface area contributed by atoms with E-state index in [2.05, 4.69) is 4.90 Å². The van der Waals surface area contributed by atoms with Crippen LogP contribution in [0, 0.1) is 5.92 Å². The second-order valence-corrected chi connectivity index (χ2v) is 4.59. The van der Waals surface area contributed by atoms with E-state index in [-0.39, 0.29) is 6.61 Å². The van der Waals surface area contributed by atoms with Crippen LogP contribution in [0.25, 0.3) is 0 Å². The van der Waals surface area contributed by atoms with Gasteiger partial charge in [-0.2, -0.15) is 0 Å². The van der Waals surface area contributed by atoms with E-state index < -0.39 is 5.60 Å². The molecule has 0 aromatic rings. The number of aliphatic hydroxyl groups is 2. The molecule has 0 bridgehead atoms. The predicted molar refractivity (Wildman–Crippen MR) is 52.5 cm³/mol. The number of hydrogen-bond donors (Lipinski definition) is 2. The van der Waals surface area contributed by atoms with Crippen LogP contribution >= 0.6 is 0 Å². The number of nitrogens with zero attached hydrogens (tertiary/aromatic N) is 1. The summed E-state index contributed by atoms with van der Waals surface area (Å²) in [6.45, 7) is 7.07. The van der Waals surface area contributed by atoms with Gasteiger partial charge in [0.2, 0.25) is 0 Å². The molecular weight excluding hydrogens is 166 g/mol. The summed E-state index contributed by atoms with van der Waals surface area (Å²) in [5, 5.41) is 18.6. The van der Waals surface area contributed by atoms with E-state index in [4.69, 9.17) is 5.11 Å². The van der Waals surface area contributed by atoms with Gasteiger partial charge < -0.3 is 15.1 Å². The Hall–Kier alpha value is -0.120. The van der Waals surface area contributed by atoms with Crippen LogP contribution in [0.3, 0.4) is 0 Å². The molecule has 13 heavy (non-hydrogen) atoms. The smallest absolute Gasteiger partial charge is 0.0644 e. The largest absolute Gasteiger partial charge is 0.396 e. The quantitative estimate of drug-likeness (QED) is 0.674. The average Bonchev–Trinajstić information content (AvgIpc) is 2.08. The number of likely N-dealkylation sites (tertiary alicyclic amines) is 1. The topological polar surface area (TPSA) is 43.7 Å². The third-order valence-electron chi connectivity index (χ3n) is 2.81. The molecule has 1 atom stereocenters. The molecule has 1 aliphatic rings. The molecule has 0 aliphatic carbocycles. The molecule has 1 unspecified atom stereocenters. The first-order chi connectivity index (χ1) is 6.03. The molecule has 1 heterocycles. The molecule has 0 aromatic heterocycles.